The average Bonchev–Trinajstić information content (AvgIpc) is 3.16. The summed E-state index contributed by atoms with van der Waals surface area (Å²) in [5, 5.41) is 6.75. The van der Waals surface area contributed by atoms with Gasteiger partial charge < -0.3 is 20.1 Å². The smallest absolute Gasteiger partial charge is 0.191 e. The van der Waals surface area contributed by atoms with Crippen molar-refractivity contribution in [3.8, 4) is 0 Å². The third kappa shape index (κ3) is 9.09. The zero-order valence-corrected chi connectivity index (χ0v) is 20.3. The van der Waals surface area contributed by atoms with E-state index < -0.39 is 0 Å². The lowest BCUT2D eigenvalue weighted by molar-refractivity contribution is 0.0888. The van der Waals surface area contributed by atoms with E-state index in [4.69, 9.17) is 14.5 Å². The number of nitrogens with one attached hydrogen (secondary N) is 2. The van der Waals surface area contributed by atoms with Crippen molar-refractivity contribution in [3.05, 3.63) is 35.4 Å². The third-order valence-corrected chi connectivity index (χ3v) is 4.91. The summed E-state index contributed by atoms with van der Waals surface area (Å²) in [5.41, 5.74) is 2.62. The van der Waals surface area contributed by atoms with Crippen molar-refractivity contribution in [2.75, 3.05) is 46.1 Å². The number of ether oxygens (including phenoxy) is 2. The molecular weight excluding hydrogens is 465 g/mol. The van der Waals surface area contributed by atoms with E-state index in [1.54, 1.807) is 0 Å². The molecule has 0 bridgehead atoms. The first-order valence-corrected chi connectivity index (χ1v) is 10.3. The Bertz CT molecular complexity index is 587. The Kier molecular flexibility index (Phi) is 12.0. The minimum absolute atomic E-state index is 0. The quantitative estimate of drug-likeness (QED) is 0.220. The van der Waals surface area contributed by atoms with Crippen molar-refractivity contribution in [2.24, 2.45) is 10.9 Å². The van der Waals surface area contributed by atoms with E-state index in [0.717, 1.165) is 64.9 Å². The van der Waals surface area contributed by atoms with Crippen LogP contribution in [0.1, 0.15) is 44.7 Å². The standard InChI is InChI=1S/C22H37N3O2.HI/c1-5-23-21(24-11-7-12-26-15-19-10-13-27-16-19)25-17-22(3,4)20-9-6-8-18(2)14-20;/h6,8-9,14,19H,5,7,10-13,15-17H2,1-4H3,(H2,23,24,25);1H. The van der Waals surface area contributed by atoms with Gasteiger partial charge in [0.15, 0.2) is 5.96 Å². The predicted octanol–water partition coefficient (Wildman–Crippen LogP) is 3.89. The van der Waals surface area contributed by atoms with Gasteiger partial charge in [-0.25, -0.2) is 0 Å². The third-order valence-electron chi connectivity index (χ3n) is 4.91. The lowest BCUT2D eigenvalue weighted by Crippen LogP contribution is -2.39. The number of hydrogen-bond acceptors (Lipinski definition) is 3. The van der Waals surface area contributed by atoms with Crippen LogP contribution in [0.4, 0.5) is 0 Å². The molecular formula is C22H38IN3O2. The van der Waals surface area contributed by atoms with E-state index in [9.17, 15) is 0 Å². The zero-order valence-electron chi connectivity index (χ0n) is 17.9. The Morgan fingerprint density at radius 3 is 2.82 bits per heavy atom. The lowest BCUT2D eigenvalue weighted by atomic mass is 9.84. The summed E-state index contributed by atoms with van der Waals surface area (Å²) in [7, 11) is 0. The molecule has 0 amide bonds. The maximum Gasteiger partial charge on any atom is 0.191 e. The molecule has 1 unspecified atom stereocenters. The number of hydrogen-bond donors (Lipinski definition) is 2. The SMILES string of the molecule is CCNC(=NCC(C)(C)c1cccc(C)c1)NCCCOCC1CCOC1.I. The number of aliphatic imine (C=N–C) groups is 1. The van der Waals surface area contributed by atoms with E-state index in [0.29, 0.717) is 5.92 Å². The van der Waals surface area contributed by atoms with Crippen LogP contribution in [0.25, 0.3) is 0 Å². The Labute approximate surface area is 188 Å². The molecule has 28 heavy (non-hydrogen) atoms. The first-order valence-electron chi connectivity index (χ1n) is 10.3. The molecule has 0 radical (unpaired) electrons. The van der Waals surface area contributed by atoms with Crippen LogP contribution < -0.4 is 10.6 Å². The van der Waals surface area contributed by atoms with Crippen LogP contribution in [0.2, 0.25) is 0 Å². The number of halogens is 1. The number of guanidine groups is 1. The van der Waals surface area contributed by atoms with E-state index in [-0.39, 0.29) is 29.4 Å². The first-order chi connectivity index (χ1) is 13.0. The van der Waals surface area contributed by atoms with Crippen molar-refractivity contribution in [3.63, 3.8) is 0 Å². The second kappa shape index (κ2) is 13.4. The van der Waals surface area contributed by atoms with Gasteiger partial charge in [-0.1, -0.05) is 43.7 Å². The normalized spacial score (nSPS) is 17.3. The van der Waals surface area contributed by atoms with Crippen molar-refractivity contribution in [1.82, 2.24) is 10.6 Å². The molecule has 1 aliphatic heterocycles. The lowest BCUT2D eigenvalue weighted by Gasteiger charge is -2.24. The number of nitrogens with zero attached hydrogens (tertiary/aromatic N) is 1. The van der Waals surface area contributed by atoms with Crippen molar-refractivity contribution in [2.45, 2.75) is 46.0 Å². The summed E-state index contributed by atoms with van der Waals surface area (Å²) in [4.78, 5) is 4.81. The predicted molar refractivity (Wildman–Crippen MR) is 128 cm³/mol. The minimum atomic E-state index is 0. The molecule has 0 aliphatic carbocycles. The largest absolute Gasteiger partial charge is 0.381 e. The summed E-state index contributed by atoms with van der Waals surface area (Å²) in [6.45, 7) is 14.5. The summed E-state index contributed by atoms with van der Waals surface area (Å²) in [5.74, 6) is 1.46. The van der Waals surface area contributed by atoms with Gasteiger partial charge in [0.2, 0.25) is 0 Å². The summed E-state index contributed by atoms with van der Waals surface area (Å²) in [6, 6.07) is 8.70. The highest BCUT2D eigenvalue weighted by atomic mass is 127. The second-order valence-corrected chi connectivity index (χ2v) is 8.03. The molecule has 1 aromatic carbocycles. The molecule has 1 saturated heterocycles. The molecule has 1 aliphatic rings. The molecule has 2 rings (SSSR count). The summed E-state index contributed by atoms with van der Waals surface area (Å²) in [6.07, 6.45) is 2.10. The maximum atomic E-state index is 5.76. The molecule has 0 aromatic heterocycles. The molecule has 1 heterocycles. The van der Waals surface area contributed by atoms with Gasteiger partial charge >= 0.3 is 0 Å². The van der Waals surface area contributed by atoms with Crippen LogP contribution in [-0.2, 0) is 14.9 Å². The molecule has 1 fully saturated rings. The van der Waals surface area contributed by atoms with Crippen LogP contribution in [0, 0.1) is 12.8 Å². The van der Waals surface area contributed by atoms with Crippen molar-refractivity contribution in [1.29, 1.82) is 0 Å². The molecule has 6 heteroatoms. The molecule has 5 nitrogen and oxygen atoms in total. The topological polar surface area (TPSA) is 54.9 Å². The van der Waals surface area contributed by atoms with E-state index in [1.165, 1.54) is 11.1 Å². The van der Waals surface area contributed by atoms with Gasteiger partial charge in [0.1, 0.15) is 0 Å². The second-order valence-electron chi connectivity index (χ2n) is 8.03. The van der Waals surface area contributed by atoms with Gasteiger partial charge in [-0.05, 0) is 32.3 Å². The molecule has 1 atom stereocenters. The molecule has 0 saturated carbocycles. The van der Waals surface area contributed by atoms with Gasteiger partial charge in [-0.15, -0.1) is 24.0 Å². The Morgan fingerprint density at radius 2 is 2.14 bits per heavy atom. The van der Waals surface area contributed by atoms with Crippen molar-refractivity contribution >= 4 is 29.9 Å². The van der Waals surface area contributed by atoms with E-state index >= 15 is 0 Å². The van der Waals surface area contributed by atoms with E-state index in [2.05, 4.69) is 62.6 Å². The Hall–Kier alpha value is -0.860. The van der Waals surface area contributed by atoms with Crippen molar-refractivity contribution < 1.29 is 9.47 Å². The van der Waals surface area contributed by atoms with Crippen LogP contribution in [0.15, 0.2) is 29.3 Å². The van der Waals surface area contributed by atoms with Crippen LogP contribution in [0.5, 0.6) is 0 Å². The summed E-state index contributed by atoms with van der Waals surface area (Å²) < 4.78 is 11.1. The van der Waals surface area contributed by atoms with Crippen LogP contribution in [-0.4, -0.2) is 52.0 Å². The van der Waals surface area contributed by atoms with Crippen LogP contribution in [0.3, 0.4) is 0 Å². The van der Waals surface area contributed by atoms with Gasteiger partial charge in [0.05, 0.1) is 19.8 Å². The van der Waals surface area contributed by atoms with Crippen LogP contribution >= 0.6 is 24.0 Å². The highest BCUT2D eigenvalue weighted by Gasteiger charge is 2.20. The fourth-order valence-corrected chi connectivity index (χ4v) is 3.12. The van der Waals surface area contributed by atoms with Gasteiger partial charge in [0, 0.05) is 37.6 Å². The highest BCUT2D eigenvalue weighted by Crippen LogP contribution is 2.24. The average molecular weight is 503 g/mol. The highest BCUT2D eigenvalue weighted by molar-refractivity contribution is 14.0. The zero-order chi connectivity index (χ0) is 19.5. The maximum absolute atomic E-state index is 5.76. The molecule has 2 N–H and O–H groups in total. The Balaban J connectivity index is 0.00000392. The van der Waals surface area contributed by atoms with Gasteiger partial charge in [-0.2, -0.15) is 0 Å². The van der Waals surface area contributed by atoms with Gasteiger partial charge in [-0.3, -0.25) is 4.99 Å². The van der Waals surface area contributed by atoms with E-state index in [1.807, 2.05) is 0 Å². The number of aryl methyl sites for hydroxylation is 1. The number of benzene rings is 1. The summed E-state index contributed by atoms with van der Waals surface area (Å²) >= 11 is 0. The monoisotopic (exact) mass is 503 g/mol. The fraction of sp³-hybridized carbons (Fsp3) is 0.682. The first kappa shape index (κ1) is 25.2. The minimum Gasteiger partial charge on any atom is -0.381 e. The fourth-order valence-electron chi connectivity index (χ4n) is 3.12. The molecule has 1 aromatic rings. The molecule has 160 valence electrons. The number of rotatable bonds is 10. The Morgan fingerprint density at radius 1 is 1.32 bits per heavy atom. The molecule has 0 spiro atoms. The van der Waals surface area contributed by atoms with Gasteiger partial charge in [0.25, 0.3) is 0 Å².